The Bertz CT molecular complexity index is 535. The monoisotopic (exact) mass is 260 g/mol. The number of rotatable bonds is 5. The van der Waals surface area contributed by atoms with Gasteiger partial charge in [0.2, 0.25) is 0 Å². The van der Waals surface area contributed by atoms with Crippen molar-refractivity contribution in [3.05, 3.63) is 53.8 Å². The summed E-state index contributed by atoms with van der Waals surface area (Å²) in [5, 5.41) is 8.80. The first-order valence-electron chi connectivity index (χ1n) is 6.29. The van der Waals surface area contributed by atoms with Gasteiger partial charge in [-0.25, -0.2) is 4.39 Å². The van der Waals surface area contributed by atoms with Gasteiger partial charge < -0.3 is 9.84 Å². The number of aliphatic hydroxyl groups excluding tert-OH is 1. The molecule has 0 amide bonds. The molecule has 2 nitrogen and oxygen atoms in total. The summed E-state index contributed by atoms with van der Waals surface area (Å²) in [6, 6.07) is 12.5. The van der Waals surface area contributed by atoms with Crippen LogP contribution in [0.5, 0.6) is 5.75 Å². The van der Waals surface area contributed by atoms with E-state index in [0.717, 1.165) is 24.0 Å². The third-order valence-corrected chi connectivity index (χ3v) is 3.06. The molecule has 2 aromatic carbocycles. The number of hydrogen-bond acceptors (Lipinski definition) is 2. The molecule has 0 bridgehead atoms. The molecule has 0 unspecified atom stereocenters. The normalized spacial score (nSPS) is 10.5. The van der Waals surface area contributed by atoms with E-state index in [4.69, 9.17) is 9.84 Å². The highest BCUT2D eigenvalue weighted by Gasteiger charge is 2.11. The van der Waals surface area contributed by atoms with Crippen LogP contribution in [0, 0.1) is 5.82 Å². The van der Waals surface area contributed by atoms with Gasteiger partial charge in [-0.3, -0.25) is 0 Å². The van der Waals surface area contributed by atoms with Gasteiger partial charge >= 0.3 is 0 Å². The number of methoxy groups -OCH3 is 1. The summed E-state index contributed by atoms with van der Waals surface area (Å²) in [6.45, 7) is 0.183. The standard InChI is InChI=1S/C16H17FO2/c1-19-15-6-2-5-14(17)16(15)13-9-7-12(8-10-13)4-3-11-18/h2,5-10,18H,3-4,11H2,1H3. The van der Waals surface area contributed by atoms with Crippen LogP contribution in [-0.4, -0.2) is 18.8 Å². The zero-order chi connectivity index (χ0) is 13.7. The second-order valence-electron chi connectivity index (χ2n) is 4.34. The molecular weight excluding hydrogens is 243 g/mol. The van der Waals surface area contributed by atoms with Crippen molar-refractivity contribution in [2.45, 2.75) is 12.8 Å². The van der Waals surface area contributed by atoms with E-state index in [1.54, 1.807) is 12.1 Å². The topological polar surface area (TPSA) is 29.5 Å². The van der Waals surface area contributed by atoms with Crippen molar-refractivity contribution in [3.8, 4) is 16.9 Å². The van der Waals surface area contributed by atoms with Crippen LogP contribution in [0.1, 0.15) is 12.0 Å². The molecule has 0 aliphatic heterocycles. The molecule has 0 atom stereocenters. The quantitative estimate of drug-likeness (QED) is 0.892. The van der Waals surface area contributed by atoms with Gasteiger partial charge in [0.1, 0.15) is 11.6 Å². The maximum absolute atomic E-state index is 13.9. The highest BCUT2D eigenvalue weighted by atomic mass is 19.1. The molecule has 0 aliphatic rings. The Morgan fingerprint density at radius 2 is 1.84 bits per heavy atom. The third-order valence-electron chi connectivity index (χ3n) is 3.06. The summed E-state index contributed by atoms with van der Waals surface area (Å²) in [4.78, 5) is 0. The number of aryl methyl sites for hydroxylation is 1. The van der Waals surface area contributed by atoms with Crippen molar-refractivity contribution in [2.24, 2.45) is 0 Å². The minimum Gasteiger partial charge on any atom is -0.496 e. The fourth-order valence-corrected chi connectivity index (χ4v) is 2.08. The second-order valence-corrected chi connectivity index (χ2v) is 4.34. The molecule has 0 saturated carbocycles. The molecule has 0 fully saturated rings. The van der Waals surface area contributed by atoms with Gasteiger partial charge in [-0.05, 0) is 36.1 Å². The van der Waals surface area contributed by atoms with Crippen LogP contribution >= 0.6 is 0 Å². The molecule has 19 heavy (non-hydrogen) atoms. The second kappa shape index (κ2) is 6.34. The average Bonchev–Trinajstić information content (AvgIpc) is 2.45. The Hall–Kier alpha value is -1.87. The van der Waals surface area contributed by atoms with Crippen LogP contribution in [0.3, 0.4) is 0 Å². The van der Waals surface area contributed by atoms with E-state index in [0.29, 0.717) is 11.3 Å². The fraction of sp³-hybridized carbons (Fsp3) is 0.250. The van der Waals surface area contributed by atoms with E-state index in [-0.39, 0.29) is 12.4 Å². The number of halogens is 1. The highest BCUT2D eigenvalue weighted by molar-refractivity contribution is 5.71. The average molecular weight is 260 g/mol. The van der Waals surface area contributed by atoms with Crippen LogP contribution < -0.4 is 4.74 Å². The molecule has 0 radical (unpaired) electrons. The lowest BCUT2D eigenvalue weighted by molar-refractivity contribution is 0.288. The summed E-state index contributed by atoms with van der Waals surface area (Å²) in [6.07, 6.45) is 1.56. The van der Waals surface area contributed by atoms with Crippen molar-refractivity contribution >= 4 is 0 Å². The molecule has 0 aliphatic carbocycles. The van der Waals surface area contributed by atoms with Gasteiger partial charge in [0.25, 0.3) is 0 Å². The largest absolute Gasteiger partial charge is 0.496 e. The Kier molecular flexibility index (Phi) is 4.53. The van der Waals surface area contributed by atoms with Gasteiger partial charge in [-0.1, -0.05) is 30.3 Å². The van der Waals surface area contributed by atoms with Crippen molar-refractivity contribution < 1.29 is 14.2 Å². The molecule has 0 heterocycles. The minimum absolute atomic E-state index is 0.183. The fourth-order valence-electron chi connectivity index (χ4n) is 2.08. The predicted molar refractivity (Wildman–Crippen MR) is 73.8 cm³/mol. The summed E-state index contributed by atoms with van der Waals surface area (Å²) < 4.78 is 19.1. The van der Waals surface area contributed by atoms with Gasteiger partial charge in [0.05, 0.1) is 12.7 Å². The number of benzene rings is 2. The lowest BCUT2D eigenvalue weighted by Gasteiger charge is -2.10. The van der Waals surface area contributed by atoms with Gasteiger partial charge in [-0.15, -0.1) is 0 Å². The molecule has 0 aromatic heterocycles. The zero-order valence-corrected chi connectivity index (χ0v) is 10.9. The third kappa shape index (κ3) is 3.12. The summed E-state index contributed by atoms with van der Waals surface area (Å²) >= 11 is 0. The van der Waals surface area contributed by atoms with Crippen molar-refractivity contribution in [1.82, 2.24) is 0 Å². The number of hydrogen-bond donors (Lipinski definition) is 1. The molecule has 0 spiro atoms. The zero-order valence-electron chi connectivity index (χ0n) is 10.9. The Labute approximate surface area is 112 Å². The maximum Gasteiger partial charge on any atom is 0.134 e. The number of ether oxygens (including phenoxy) is 1. The number of aliphatic hydroxyl groups is 1. The van der Waals surface area contributed by atoms with Crippen LogP contribution in [0.2, 0.25) is 0 Å². The Balaban J connectivity index is 2.32. The SMILES string of the molecule is COc1cccc(F)c1-c1ccc(CCCO)cc1. The van der Waals surface area contributed by atoms with E-state index in [9.17, 15) is 4.39 Å². The Morgan fingerprint density at radius 3 is 2.47 bits per heavy atom. The van der Waals surface area contributed by atoms with E-state index in [2.05, 4.69) is 0 Å². The predicted octanol–water partition coefficient (Wildman–Crippen LogP) is 3.43. The lowest BCUT2D eigenvalue weighted by Crippen LogP contribution is -1.93. The van der Waals surface area contributed by atoms with E-state index in [1.165, 1.54) is 13.2 Å². The van der Waals surface area contributed by atoms with Gasteiger partial charge in [0.15, 0.2) is 0 Å². The summed E-state index contributed by atoms with van der Waals surface area (Å²) in [5.74, 6) is 0.241. The van der Waals surface area contributed by atoms with Gasteiger partial charge in [-0.2, -0.15) is 0 Å². The first-order valence-corrected chi connectivity index (χ1v) is 6.29. The van der Waals surface area contributed by atoms with Gasteiger partial charge in [0, 0.05) is 6.61 Å². The lowest BCUT2D eigenvalue weighted by atomic mass is 10.0. The van der Waals surface area contributed by atoms with Crippen molar-refractivity contribution in [3.63, 3.8) is 0 Å². The van der Waals surface area contributed by atoms with Crippen LogP contribution in [0.25, 0.3) is 11.1 Å². The Morgan fingerprint density at radius 1 is 1.11 bits per heavy atom. The molecule has 2 rings (SSSR count). The molecule has 100 valence electrons. The maximum atomic E-state index is 13.9. The summed E-state index contributed by atoms with van der Waals surface area (Å²) in [7, 11) is 1.54. The first kappa shape index (κ1) is 13.6. The molecule has 2 aromatic rings. The van der Waals surface area contributed by atoms with Crippen LogP contribution in [0.15, 0.2) is 42.5 Å². The first-order chi connectivity index (χ1) is 9.26. The minimum atomic E-state index is -0.289. The van der Waals surface area contributed by atoms with Crippen molar-refractivity contribution in [2.75, 3.05) is 13.7 Å². The molecule has 0 saturated heterocycles. The highest BCUT2D eigenvalue weighted by Crippen LogP contribution is 2.32. The smallest absolute Gasteiger partial charge is 0.134 e. The van der Waals surface area contributed by atoms with Crippen LogP contribution in [-0.2, 0) is 6.42 Å². The van der Waals surface area contributed by atoms with E-state index >= 15 is 0 Å². The van der Waals surface area contributed by atoms with Crippen LogP contribution in [0.4, 0.5) is 4.39 Å². The molecular formula is C16H17FO2. The molecule has 1 N–H and O–H groups in total. The van der Waals surface area contributed by atoms with E-state index in [1.807, 2.05) is 24.3 Å². The van der Waals surface area contributed by atoms with Crippen molar-refractivity contribution in [1.29, 1.82) is 0 Å². The van der Waals surface area contributed by atoms with E-state index < -0.39 is 0 Å². The molecule has 3 heteroatoms. The summed E-state index contributed by atoms with van der Waals surface area (Å²) in [5.41, 5.74) is 2.41.